The molecule has 5 nitrogen and oxygen atoms in total. The Labute approximate surface area is 156 Å². The Morgan fingerprint density at radius 1 is 1.07 bits per heavy atom. The van der Waals surface area contributed by atoms with Gasteiger partial charge in [-0.15, -0.1) is 0 Å². The lowest BCUT2D eigenvalue weighted by Crippen LogP contribution is -2.27. The topological polar surface area (TPSA) is 64.0 Å². The van der Waals surface area contributed by atoms with Crippen molar-refractivity contribution in [3.63, 3.8) is 0 Å². The van der Waals surface area contributed by atoms with E-state index in [2.05, 4.69) is 9.82 Å². The van der Waals surface area contributed by atoms with Crippen LogP contribution in [0.15, 0.2) is 54.7 Å². The Balaban J connectivity index is 1.57. The summed E-state index contributed by atoms with van der Waals surface area (Å²) < 4.78 is 55.1. The fraction of sp³-hybridized carbons (Fsp3) is 0.211. The molecule has 1 aromatic heterocycles. The minimum atomic E-state index is -3.76. The maximum absolute atomic E-state index is 13.6. The van der Waals surface area contributed by atoms with E-state index in [0.717, 1.165) is 35.0 Å². The summed E-state index contributed by atoms with van der Waals surface area (Å²) in [5, 5.41) is 4.13. The molecule has 3 rings (SSSR count). The first kappa shape index (κ1) is 19.2. The van der Waals surface area contributed by atoms with Gasteiger partial charge in [0.1, 0.15) is 11.6 Å². The number of hydrogen-bond acceptors (Lipinski definition) is 3. The molecule has 142 valence electrons. The summed E-state index contributed by atoms with van der Waals surface area (Å²) in [7, 11) is -1.90. The molecule has 0 spiro atoms. The summed E-state index contributed by atoms with van der Waals surface area (Å²) in [6.07, 6.45) is 2.20. The first-order valence-electron chi connectivity index (χ1n) is 8.33. The average molecular weight is 391 g/mol. The van der Waals surface area contributed by atoms with Gasteiger partial charge in [-0.3, -0.25) is 4.68 Å². The second-order valence-electron chi connectivity index (χ2n) is 6.18. The van der Waals surface area contributed by atoms with Gasteiger partial charge in [0, 0.05) is 25.4 Å². The van der Waals surface area contributed by atoms with Gasteiger partial charge in [-0.2, -0.15) is 5.10 Å². The minimum absolute atomic E-state index is 0.171. The van der Waals surface area contributed by atoms with E-state index in [0.29, 0.717) is 6.42 Å². The molecule has 0 bridgehead atoms. The first-order valence-corrected chi connectivity index (χ1v) is 9.98. The van der Waals surface area contributed by atoms with E-state index in [1.807, 2.05) is 37.4 Å². The maximum atomic E-state index is 13.6. The Hall–Kier alpha value is -2.58. The van der Waals surface area contributed by atoms with Gasteiger partial charge in [0.05, 0.1) is 11.4 Å². The van der Waals surface area contributed by atoms with Crippen LogP contribution in [0.1, 0.15) is 11.1 Å². The fourth-order valence-electron chi connectivity index (χ4n) is 2.76. The van der Waals surface area contributed by atoms with E-state index in [9.17, 15) is 17.2 Å². The SMILES string of the molecule is Cn1nccc1-c1ccc(CCNS(=O)(=O)Cc2cc(F)ccc2F)cc1. The summed E-state index contributed by atoms with van der Waals surface area (Å²) in [6, 6.07) is 12.4. The lowest BCUT2D eigenvalue weighted by atomic mass is 10.1. The van der Waals surface area contributed by atoms with Gasteiger partial charge in [-0.05, 0) is 41.8 Å². The van der Waals surface area contributed by atoms with Gasteiger partial charge in [0.2, 0.25) is 10.0 Å². The molecule has 8 heteroatoms. The number of sulfonamides is 1. The number of benzene rings is 2. The Kier molecular flexibility index (Phi) is 5.67. The van der Waals surface area contributed by atoms with E-state index in [1.165, 1.54) is 0 Å². The number of nitrogens with zero attached hydrogens (tertiary/aromatic N) is 2. The highest BCUT2D eigenvalue weighted by atomic mass is 32.2. The highest BCUT2D eigenvalue weighted by Crippen LogP contribution is 2.19. The highest BCUT2D eigenvalue weighted by molar-refractivity contribution is 7.88. The van der Waals surface area contributed by atoms with Crippen LogP contribution in [0.2, 0.25) is 0 Å². The van der Waals surface area contributed by atoms with Crippen LogP contribution in [-0.2, 0) is 29.2 Å². The van der Waals surface area contributed by atoms with Crippen molar-refractivity contribution in [2.45, 2.75) is 12.2 Å². The molecule has 3 aromatic rings. The van der Waals surface area contributed by atoms with Crippen molar-refractivity contribution >= 4 is 10.0 Å². The Bertz CT molecular complexity index is 1030. The molecule has 0 saturated carbocycles. The van der Waals surface area contributed by atoms with Crippen LogP contribution in [0.4, 0.5) is 8.78 Å². The molecule has 0 aliphatic heterocycles. The molecule has 0 amide bonds. The van der Waals surface area contributed by atoms with Crippen LogP contribution < -0.4 is 4.72 Å². The largest absolute Gasteiger partial charge is 0.268 e. The highest BCUT2D eigenvalue weighted by Gasteiger charge is 2.15. The van der Waals surface area contributed by atoms with Crippen molar-refractivity contribution in [3.8, 4) is 11.3 Å². The number of rotatable bonds is 7. The number of aromatic nitrogens is 2. The third kappa shape index (κ3) is 4.99. The fourth-order valence-corrected chi connectivity index (χ4v) is 3.91. The van der Waals surface area contributed by atoms with Gasteiger partial charge >= 0.3 is 0 Å². The predicted molar refractivity (Wildman–Crippen MR) is 99.3 cm³/mol. The molecule has 0 unspecified atom stereocenters. The van der Waals surface area contributed by atoms with Crippen molar-refractivity contribution in [1.82, 2.24) is 14.5 Å². The first-order chi connectivity index (χ1) is 12.8. The van der Waals surface area contributed by atoms with Crippen molar-refractivity contribution in [2.24, 2.45) is 7.05 Å². The third-order valence-electron chi connectivity index (χ3n) is 4.16. The molecule has 1 N–H and O–H groups in total. The van der Waals surface area contributed by atoms with Crippen LogP contribution in [0.25, 0.3) is 11.3 Å². The number of aryl methyl sites for hydroxylation is 1. The zero-order chi connectivity index (χ0) is 19.4. The van der Waals surface area contributed by atoms with Crippen molar-refractivity contribution < 1.29 is 17.2 Å². The molecule has 0 fully saturated rings. The summed E-state index contributed by atoms with van der Waals surface area (Å²) in [5.41, 5.74) is 2.77. The van der Waals surface area contributed by atoms with Crippen molar-refractivity contribution in [1.29, 1.82) is 0 Å². The third-order valence-corrected chi connectivity index (χ3v) is 5.49. The van der Waals surface area contributed by atoms with Gasteiger partial charge in [-0.25, -0.2) is 21.9 Å². The second kappa shape index (κ2) is 7.98. The molecular weight excluding hydrogens is 372 g/mol. The Morgan fingerprint density at radius 3 is 2.48 bits per heavy atom. The van der Waals surface area contributed by atoms with Gasteiger partial charge in [0.25, 0.3) is 0 Å². The Morgan fingerprint density at radius 2 is 1.81 bits per heavy atom. The standard InChI is InChI=1S/C19H19F2N3O2S/c1-24-19(9-10-22-24)15-4-2-14(3-5-15)8-11-23-27(25,26)13-16-12-17(20)6-7-18(16)21/h2-7,9-10,12,23H,8,11,13H2,1H3. The quantitative estimate of drug-likeness (QED) is 0.673. The monoisotopic (exact) mass is 391 g/mol. The normalized spacial score (nSPS) is 11.7. The molecule has 0 atom stereocenters. The molecule has 27 heavy (non-hydrogen) atoms. The molecule has 1 heterocycles. The molecular formula is C19H19F2N3O2S. The maximum Gasteiger partial charge on any atom is 0.215 e. The lowest BCUT2D eigenvalue weighted by molar-refractivity contribution is 0.570. The van der Waals surface area contributed by atoms with Crippen molar-refractivity contribution in [3.05, 3.63) is 77.5 Å². The summed E-state index contributed by atoms with van der Waals surface area (Å²) in [6.45, 7) is 0.171. The summed E-state index contributed by atoms with van der Waals surface area (Å²) in [5.74, 6) is -2.02. The van der Waals surface area contributed by atoms with Crippen LogP contribution in [0.3, 0.4) is 0 Å². The zero-order valence-corrected chi connectivity index (χ0v) is 15.5. The smallest absolute Gasteiger partial charge is 0.215 e. The van der Waals surface area contributed by atoms with Gasteiger partial charge < -0.3 is 0 Å². The van der Waals surface area contributed by atoms with Crippen molar-refractivity contribution in [2.75, 3.05) is 6.54 Å². The molecule has 0 radical (unpaired) electrons. The van der Waals surface area contributed by atoms with Gasteiger partial charge in [-0.1, -0.05) is 24.3 Å². The van der Waals surface area contributed by atoms with E-state index in [1.54, 1.807) is 10.9 Å². The molecule has 0 aliphatic rings. The predicted octanol–water partition coefficient (Wildman–Crippen LogP) is 3.03. The zero-order valence-electron chi connectivity index (χ0n) is 14.7. The number of nitrogens with one attached hydrogen (secondary N) is 1. The number of hydrogen-bond donors (Lipinski definition) is 1. The van der Waals surface area contributed by atoms with Crippen LogP contribution in [0, 0.1) is 11.6 Å². The van der Waals surface area contributed by atoms with Crippen LogP contribution in [-0.4, -0.2) is 24.7 Å². The second-order valence-corrected chi connectivity index (χ2v) is 7.98. The van der Waals surface area contributed by atoms with E-state index in [4.69, 9.17) is 0 Å². The molecule has 2 aromatic carbocycles. The average Bonchev–Trinajstić information content (AvgIpc) is 3.04. The molecule has 0 aliphatic carbocycles. The van der Waals surface area contributed by atoms with Crippen LogP contribution >= 0.6 is 0 Å². The van der Waals surface area contributed by atoms with E-state index in [-0.39, 0.29) is 12.1 Å². The minimum Gasteiger partial charge on any atom is -0.268 e. The number of halogens is 2. The van der Waals surface area contributed by atoms with Crippen LogP contribution in [0.5, 0.6) is 0 Å². The lowest BCUT2D eigenvalue weighted by Gasteiger charge is -2.08. The summed E-state index contributed by atoms with van der Waals surface area (Å²) in [4.78, 5) is 0. The van der Waals surface area contributed by atoms with E-state index < -0.39 is 27.4 Å². The van der Waals surface area contributed by atoms with Gasteiger partial charge in [0.15, 0.2) is 0 Å². The van der Waals surface area contributed by atoms with E-state index >= 15 is 0 Å². The summed E-state index contributed by atoms with van der Waals surface area (Å²) >= 11 is 0. The molecule has 0 saturated heterocycles.